The van der Waals surface area contributed by atoms with Crippen LogP contribution in [0, 0.1) is 5.92 Å². The van der Waals surface area contributed by atoms with Crippen LogP contribution in [0.15, 0.2) is 20.8 Å². The van der Waals surface area contributed by atoms with Crippen molar-refractivity contribution in [3.63, 3.8) is 0 Å². The van der Waals surface area contributed by atoms with Gasteiger partial charge in [0.15, 0.2) is 0 Å². The van der Waals surface area contributed by atoms with Crippen LogP contribution < -0.4 is 0 Å². The van der Waals surface area contributed by atoms with Crippen LogP contribution in [-0.2, 0) is 0 Å². The Morgan fingerprint density at radius 3 is 3.00 bits per heavy atom. The van der Waals surface area contributed by atoms with E-state index in [1.54, 1.807) is 6.21 Å². The van der Waals surface area contributed by atoms with Crippen molar-refractivity contribution < 1.29 is 0 Å². The lowest BCUT2D eigenvalue weighted by Crippen LogP contribution is -1.95. The quantitative estimate of drug-likeness (QED) is 0.519. The number of hydrogen-bond acceptors (Lipinski definition) is 3. The molecule has 3 nitrogen and oxygen atoms in total. The molecular formula is C7H9N3. The Morgan fingerprint density at radius 1 is 1.50 bits per heavy atom. The summed E-state index contributed by atoms with van der Waals surface area (Å²) in [5.41, 5.74) is 0.984. The third kappa shape index (κ3) is 1.64. The van der Waals surface area contributed by atoms with Crippen molar-refractivity contribution in [2.75, 3.05) is 0 Å². The molecule has 1 rings (SSSR count). The minimum absolute atomic E-state index is 0.411. The van der Waals surface area contributed by atoms with Crippen LogP contribution >= 0.6 is 0 Å². The van der Waals surface area contributed by atoms with Gasteiger partial charge in [0.05, 0.1) is 0 Å². The fourth-order valence-electron chi connectivity index (χ4n) is 0.563. The van der Waals surface area contributed by atoms with Crippen LogP contribution in [-0.4, -0.2) is 18.4 Å². The maximum absolute atomic E-state index is 3.86. The van der Waals surface area contributed by atoms with Gasteiger partial charge >= 0.3 is 0 Å². The molecule has 0 spiro atoms. The first-order valence-corrected chi connectivity index (χ1v) is 3.18. The number of aliphatic imine (C=N–C) groups is 1. The summed E-state index contributed by atoms with van der Waals surface area (Å²) in [7, 11) is 0. The van der Waals surface area contributed by atoms with Gasteiger partial charge in [-0.15, -0.1) is 10.2 Å². The molecule has 0 N–H and O–H groups in total. The Morgan fingerprint density at radius 2 is 2.30 bits per heavy atom. The molecule has 0 aromatic heterocycles. The monoisotopic (exact) mass is 135 g/mol. The molecule has 0 fully saturated rings. The molecule has 52 valence electrons. The zero-order valence-corrected chi connectivity index (χ0v) is 6.07. The zero-order valence-electron chi connectivity index (χ0n) is 6.07. The van der Waals surface area contributed by atoms with Crippen molar-refractivity contribution in [1.29, 1.82) is 0 Å². The topological polar surface area (TPSA) is 37.1 Å². The van der Waals surface area contributed by atoms with Gasteiger partial charge in [-0.25, -0.2) is 4.99 Å². The molecule has 0 saturated carbocycles. The summed E-state index contributed by atoms with van der Waals surface area (Å²) in [5, 5.41) is 7.20. The van der Waals surface area contributed by atoms with E-state index in [1.807, 2.05) is 0 Å². The highest BCUT2D eigenvalue weighted by Gasteiger charge is 1.98. The highest BCUT2D eigenvalue weighted by atomic mass is 15.2. The van der Waals surface area contributed by atoms with Gasteiger partial charge in [-0.2, -0.15) is 0 Å². The molecule has 0 atom stereocenters. The van der Waals surface area contributed by atoms with Crippen LogP contribution in [0.5, 0.6) is 0 Å². The molecule has 10 heavy (non-hydrogen) atoms. The lowest BCUT2D eigenvalue weighted by Gasteiger charge is -1.97. The normalized spacial score (nSPS) is 15.7. The predicted molar refractivity (Wildman–Crippen MR) is 42.8 cm³/mol. The summed E-state index contributed by atoms with van der Waals surface area (Å²) in [6, 6.07) is 0. The van der Waals surface area contributed by atoms with Crippen molar-refractivity contribution in [2.24, 2.45) is 21.1 Å². The highest BCUT2D eigenvalue weighted by molar-refractivity contribution is 5.95. The second-order valence-electron chi connectivity index (χ2n) is 2.33. The second-order valence-corrected chi connectivity index (χ2v) is 2.33. The van der Waals surface area contributed by atoms with Crippen LogP contribution in [0.3, 0.4) is 0 Å². The van der Waals surface area contributed by atoms with Crippen LogP contribution in [0.2, 0.25) is 0 Å². The first kappa shape index (κ1) is 6.90. The van der Waals surface area contributed by atoms with Crippen LogP contribution in [0.4, 0.5) is 0 Å². The molecule has 1 heterocycles. The summed E-state index contributed by atoms with van der Waals surface area (Å²) in [6.45, 7) is 4.13. The van der Waals surface area contributed by atoms with E-state index in [9.17, 15) is 0 Å². The lowest BCUT2D eigenvalue weighted by atomic mass is 10.1. The molecule has 1 aliphatic rings. The van der Waals surface area contributed by atoms with E-state index in [1.165, 1.54) is 6.34 Å². The van der Waals surface area contributed by atoms with Crippen LogP contribution in [0.25, 0.3) is 0 Å². The predicted octanol–water partition coefficient (Wildman–Crippen LogP) is 1.27. The molecule has 0 unspecified atom stereocenters. The van der Waals surface area contributed by atoms with Gasteiger partial charge in [-0.3, -0.25) is 0 Å². The molecule has 0 radical (unpaired) electrons. The molecule has 0 aromatic carbocycles. The summed E-state index contributed by atoms with van der Waals surface area (Å²) in [4.78, 5) is 3.86. The lowest BCUT2D eigenvalue weighted by molar-refractivity contribution is 0.815. The largest absolute Gasteiger partial charge is 0.242 e. The van der Waals surface area contributed by atoms with Gasteiger partial charge in [0.2, 0.25) is 0 Å². The van der Waals surface area contributed by atoms with E-state index < -0.39 is 0 Å². The van der Waals surface area contributed by atoms with Gasteiger partial charge in [0, 0.05) is 17.7 Å². The van der Waals surface area contributed by atoms with E-state index in [-0.39, 0.29) is 0 Å². The third-order valence-corrected chi connectivity index (χ3v) is 1.19. The maximum atomic E-state index is 3.86. The Labute approximate surface area is 59.9 Å². The van der Waals surface area contributed by atoms with Gasteiger partial charge < -0.3 is 0 Å². The van der Waals surface area contributed by atoms with Gasteiger partial charge in [-0.05, 0) is 5.92 Å². The molecule has 1 aliphatic heterocycles. The van der Waals surface area contributed by atoms with Gasteiger partial charge in [0.25, 0.3) is 0 Å². The van der Waals surface area contributed by atoms with E-state index in [4.69, 9.17) is 0 Å². The van der Waals surface area contributed by atoms with E-state index in [0.29, 0.717) is 5.92 Å². The van der Waals surface area contributed by atoms with Gasteiger partial charge in [0.1, 0.15) is 6.34 Å². The third-order valence-electron chi connectivity index (χ3n) is 1.19. The van der Waals surface area contributed by atoms with Crippen LogP contribution in [0.1, 0.15) is 13.8 Å². The Balaban J connectivity index is 2.87. The average molecular weight is 135 g/mol. The summed E-state index contributed by atoms with van der Waals surface area (Å²) >= 11 is 0. The molecule has 0 aliphatic carbocycles. The molecule has 0 amide bonds. The van der Waals surface area contributed by atoms with Crippen molar-refractivity contribution in [3.05, 3.63) is 5.57 Å². The smallest absolute Gasteiger partial charge is 0.138 e. The molecule has 3 heteroatoms. The summed E-state index contributed by atoms with van der Waals surface area (Å²) in [6.07, 6.45) is 3.13. The fourth-order valence-corrected chi connectivity index (χ4v) is 0.563. The molecular weight excluding hydrogens is 126 g/mol. The number of nitrogens with zero attached hydrogens (tertiary/aromatic N) is 3. The van der Waals surface area contributed by atoms with E-state index in [2.05, 4.69) is 34.9 Å². The van der Waals surface area contributed by atoms with Crippen molar-refractivity contribution >= 4 is 18.4 Å². The first-order valence-electron chi connectivity index (χ1n) is 3.18. The molecule has 0 aromatic rings. The number of allylic oxidation sites excluding steroid dienone is 1. The Bertz CT molecular complexity index is 229. The summed E-state index contributed by atoms with van der Waals surface area (Å²) in [5.74, 6) is 3.19. The van der Waals surface area contributed by atoms with E-state index >= 15 is 0 Å². The van der Waals surface area contributed by atoms with Crippen molar-refractivity contribution in [1.82, 2.24) is 0 Å². The van der Waals surface area contributed by atoms with Crippen molar-refractivity contribution in [3.8, 4) is 0 Å². The van der Waals surface area contributed by atoms with E-state index in [0.717, 1.165) is 5.57 Å². The zero-order chi connectivity index (χ0) is 7.40. The first-order chi connectivity index (χ1) is 4.80. The van der Waals surface area contributed by atoms with Crippen molar-refractivity contribution in [2.45, 2.75) is 13.8 Å². The minimum Gasteiger partial charge on any atom is -0.242 e. The average Bonchev–Trinajstić information content (AvgIpc) is 2.12. The van der Waals surface area contributed by atoms with Gasteiger partial charge in [-0.1, -0.05) is 13.8 Å². The maximum Gasteiger partial charge on any atom is 0.138 e. The number of rotatable bonds is 1. The Hall–Kier alpha value is -1.21. The number of hydrogen-bond donors (Lipinski definition) is 0. The SMILES string of the molecule is CC(C)C1=C=NN=CN=C1. The minimum atomic E-state index is 0.411. The second kappa shape index (κ2) is 3.08. The highest BCUT2D eigenvalue weighted by Crippen LogP contribution is 2.02. The molecule has 0 bridgehead atoms. The Kier molecular flexibility index (Phi) is 2.13. The standard InChI is InChI=1S/C7H9N3/c1-6(2)7-3-8-5-10-9-4-7/h3,5-6H,1-2H3. The fraction of sp³-hybridized carbons (Fsp3) is 0.429. The summed E-state index contributed by atoms with van der Waals surface area (Å²) < 4.78 is 0. The molecule has 0 saturated heterocycles.